The van der Waals surface area contributed by atoms with Crippen molar-refractivity contribution in [3.05, 3.63) is 45.5 Å². The maximum atomic E-state index is 10.6. The van der Waals surface area contributed by atoms with E-state index in [-0.39, 0.29) is 28.2 Å². The predicted octanol–water partition coefficient (Wildman–Crippen LogP) is 2.45. The average molecular weight is 255 g/mol. The van der Waals surface area contributed by atoms with Gasteiger partial charge in [0.2, 0.25) is 5.88 Å². The Hall–Kier alpha value is -2.21. The van der Waals surface area contributed by atoms with E-state index >= 15 is 0 Å². The zero-order valence-electron chi connectivity index (χ0n) is 8.37. The Balaban J connectivity index is 2.60. The van der Waals surface area contributed by atoms with Crippen LogP contribution in [-0.2, 0) is 0 Å². The first kappa shape index (κ1) is 11.3. The summed E-state index contributed by atoms with van der Waals surface area (Å²) in [5.74, 6) is -0.669. The Morgan fingerprint density at radius 2 is 2.00 bits per heavy atom. The van der Waals surface area contributed by atoms with Crippen LogP contribution in [-0.4, -0.2) is 19.7 Å². The third-order valence-corrected chi connectivity index (χ3v) is 2.49. The number of nitrogens with zero attached hydrogens (tertiary/aromatic N) is 2. The number of nitro benzene ring substituents is 1. The molecule has 0 radical (unpaired) electrons. The number of aromatic hydroxyl groups is 2. The molecular weight excluding hydrogens is 248 g/mol. The number of halogens is 1. The molecule has 0 aliphatic rings. The van der Waals surface area contributed by atoms with Gasteiger partial charge in [0.1, 0.15) is 5.02 Å². The van der Waals surface area contributed by atoms with Crippen molar-refractivity contribution in [1.82, 2.24) is 4.57 Å². The van der Waals surface area contributed by atoms with E-state index in [1.807, 2.05) is 0 Å². The van der Waals surface area contributed by atoms with Gasteiger partial charge in [-0.1, -0.05) is 17.7 Å². The lowest BCUT2D eigenvalue weighted by Crippen LogP contribution is -1.94. The number of benzene rings is 1. The van der Waals surface area contributed by atoms with Crippen molar-refractivity contribution < 1.29 is 15.1 Å². The molecule has 1 aromatic carbocycles. The summed E-state index contributed by atoms with van der Waals surface area (Å²) in [4.78, 5) is 10.0. The van der Waals surface area contributed by atoms with Gasteiger partial charge in [-0.2, -0.15) is 0 Å². The zero-order chi connectivity index (χ0) is 12.6. The van der Waals surface area contributed by atoms with Gasteiger partial charge >= 0.3 is 0 Å². The summed E-state index contributed by atoms with van der Waals surface area (Å²) in [5.41, 5.74) is 0.104. The molecule has 7 heteroatoms. The van der Waals surface area contributed by atoms with E-state index in [1.54, 1.807) is 0 Å². The molecule has 88 valence electrons. The first-order valence-electron chi connectivity index (χ1n) is 4.54. The summed E-state index contributed by atoms with van der Waals surface area (Å²) in [5, 5.41) is 29.7. The highest BCUT2D eigenvalue weighted by atomic mass is 35.5. The van der Waals surface area contributed by atoms with Crippen molar-refractivity contribution in [3.63, 3.8) is 0 Å². The van der Waals surface area contributed by atoms with Crippen LogP contribution in [0.3, 0.4) is 0 Å². The summed E-state index contributed by atoms with van der Waals surface area (Å²) in [6.45, 7) is 0. The summed E-state index contributed by atoms with van der Waals surface area (Å²) in [6, 6.07) is 6.62. The standard InChI is InChI=1S/C10H7ClN2O4/c11-8-5-9(14)12(10(8)15)6-2-1-3-7(4-6)13(16)17/h1-5,14-15H. The van der Waals surface area contributed by atoms with Gasteiger partial charge in [-0.3, -0.25) is 14.7 Å². The highest BCUT2D eigenvalue weighted by Crippen LogP contribution is 2.35. The van der Waals surface area contributed by atoms with Gasteiger partial charge < -0.3 is 10.2 Å². The number of nitro groups is 1. The average Bonchev–Trinajstić information content (AvgIpc) is 2.53. The van der Waals surface area contributed by atoms with Crippen LogP contribution in [0.25, 0.3) is 5.69 Å². The van der Waals surface area contributed by atoms with E-state index in [4.69, 9.17) is 11.6 Å². The number of rotatable bonds is 2. The summed E-state index contributed by atoms with van der Waals surface area (Å²) in [7, 11) is 0. The second kappa shape index (κ2) is 3.99. The summed E-state index contributed by atoms with van der Waals surface area (Å²) in [6.07, 6.45) is 0. The van der Waals surface area contributed by atoms with Crippen LogP contribution in [0.1, 0.15) is 0 Å². The molecule has 1 heterocycles. The quantitative estimate of drug-likeness (QED) is 0.636. The summed E-state index contributed by atoms with van der Waals surface area (Å²) < 4.78 is 1.01. The van der Waals surface area contributed by atoms with Crippen molar-refractivity contribution in [2.45, 2.75) is 0 Å². The molecule has 0 saturated heterocycles. The highest BCUT2D eigenvalue weighted by molar-refractivity contribution is 6.32. The fraction of sp³-hybridized carbons (Fsp3) is 0. The zero-order valence-corrected chi connectivity index (χ0v) is 9.13. The van der Waals surface area contributed by atoms with Crippen LogP contribution in [0.2, 0.25) is 5.02 Å². The Bertz CT molecular complexity index is 594. The molecule has 0 fully saturated rings. The fourth-order valence-electron chi connectivity index (χ4n) is 1.46. The molecule has 0 aliphatic carbocycles. The van der Waals surface area contributed by atoms with Gasteiger partial charge in [-0.25, -0.2) is 0 Å². The lowest BCUT2D eigenvalue weighted by molar-refractivity contribution is -0.384. The highest BCUT2D eigenvalue weighted by Gasteiger charge is 2.15. The maximum absolute atomic E-state index is 10.6. The van der Waals surface area contributed by atoms with Crippen LogP contribution in [0.5, 0.6) is 11.8 Å². The maximum Gasteiger partial charge on any atom is 0.271 e. The minimum Gasteiger partial charge on any atom is -0.494 e. The molecular formula is C10H7ClN2O4. The van der Waals surface area contributed by atoms with Gasteiger partial charge in [0, 0.05) is 18.2 Å². The summed E-state index contributed by atoms with van der Waals surface area (Å²) >= 11 is 5.62. The lowest BCUT2D eigenvalue weighted by Gasteiger charge is -2.06. The Kier molecular flexibility index (Phi) is 2.64. The Labute approximate surface area is 100 Å². The third kappa shape index (κ3) is 1.90. The molecule has 0 amide bonds. The first-order chi connectivity index (χ1) is 8.00. The first-order valence-corrected chi connectivity index (χ1v) is 4.92. The van der Waals surface area contributed by atoms with Gasteiger partial charge in [-0.15, -0.1) is 0 Å². The van der Waals surface area contributed by atoms with E-state index < -0.39 is 4.92 Å². The molecule has 6 nitrogen and oxygen atoms in total. The molecule has 0 aliphatic heterocycles. The van der Waals surface area contributed by atoms with Crippen molar-refractivity contribution >= 4 is 17.3 Å². The molecule has 0 unspecified atom stereocenters. The third-order valence-electron chi connectivity index (χ3n) is 2.21. The Morgan fingerprint density at radius 3 is 2.53 bits per heavy atom. The molecule has 2 aromatic rings. The topological polar surface area (TPSA) is 88.5 Å². The number of non-ortho nitro benzene ring substituents is 1. The van der Waals surface area contributed by atoms with Crippen LogP contribution in [0.15, 0.2) is 30.3 Å². The minimum atomic E-state index is -0.567. The monoisotopic (exact) mass is 254 g/mol. The van der Waals surface area contributed by atoms with E-state index in [9.17, 15) is 20.3 Å². The molecule has 0 saturated carbocycles. The van der Waals surface area contributed by atoms with Crippen LogP contribution in [0, 0.1) is 10.1 Å². The van der Waals surface area contributed by atoms with Crippen LogP contribution in [0.4, 0.5) is 5.69 Å². The molecule has 0 bridgehead atoms. The molecule has 2 rings (SSSR count). The molecule has 17 heavy (non-hydrogen) atoms. The van der Waals surface area contributed by atoms with Gasteiger partial charge in [0.25, 0.3) is 5.69 Å². The molecule has 2 N–H and O–H groups in total. The van der Waals surface area contributed by atoms with Gasteiger partial charge in [0.15, 0.2) is 5.88 Å². The minimum absolute atomic E-state index is 0.0333. The largest absolute Gasteiger partial charge is 0.494 e. The molecule has 0 spiro atoms. The SMILES string of the molecule is O=[N+]([O-])c1cccc(-n2c(O)cc(Cl)c2O)c1. The van der Waals surface area contributed by atoms with Crippen molar-refractivity contribution in [2.24, 2.45) is 0 Å². The molecule has 0 atom stereocenters. The van der Waals surface area contributed by atoms with Gasteiger partial charge in [0.05, 0.1) is 10.6 Å². The van der Waals surface area contributed by atoms with Crippen LogP contribution >= 0.6 is 11.6 Å². The second-order valence-electron chi connectivity index (χ2n) is 3.29. The van der Waals surface area contributed by atoms with Crippen molar-refractivity contribution in [1.29, 1.82) is 0 Å². The van der Waals surface area contributed by atoms with Crippen molar-refractivity contribution in [3.8, 4) is 17.4 Å². The smallest absolute Gasteiger partial charge is 0.271 e. The lowest BCUT2D eigenvalue weighted by atomic mass is 10.3. The number of aromatic nitrogens is 1. The number of hydrogen-bond donors (Lipinski definition) is 2. The number of hydrogen-bond acceptors (Lipinski definition) is 4. The second-order valence-corrected chi connectivity index (χ2v) is 3.69. The Morgan fingerprint density at radius 1 is 1.29 bits per heavy atom. The van der Waals surface area contributed by atoms with E-state index in [0.717, 1.165) is 10.6 Å². The van der Waals surface area contributed by atoms with Crippen LogP contribution < -0.4 is 0 Å². The van der Waals surface area contributed by atoms with E-state index in [1.165, 1.54) is 24.3 Å². The predicted molar refractivity (Wildman–Crippen MR) is 60.8 cm³/mol. The van der Waals surface area contributed by atoms with Gasteiger partial charge in [-0.05, 0) is 6.07 Å². The molecule has 1 aromatic heterocycles. The van der Waals surface area contributed by atoms with Crippen molar-refractivity contribution in [2.75, 3.05) is 0 Å². The fourth-order valence-corrected chi connectivity index (χ4v) is 1.64. The van der Waals surface area contributed by atoms with E-state index in [2.05, 4.69) is 0 Å². The normalized spacial score (nSPS) is 10.4. The van der Waals surface area contributed by atoms with E-state index in [0.29, 0.717) is 0 Å².